The Balaban J connectivity index is 1.35. The van der Waals surface area contributed by atoms with Crippen LogP contribution in [-0.2, 0) is 17.9 Å². The summed E-state index contributed by atoms with van der Waals surface area (Å²) in [7, 11) is 0. The van der Waals surface area contributed by atoms with E-state index < -0.39 is 0 Å². The Morgan fingerprint density at radius 1 is 0.865 bits per heavy atom. The number of aromatic nitrogens is 1. The number of likely N-dealkylation sites (tertiary alicyclic amines) is 1. The summed E-state index contributed by atoms with van der Waals surface area (Å²) in [6.07, 6.45) is 5.35. The van der Waals surface area contributed by atoms with Crippen LogP contribution in [-0.4, -0.2) is 35.4 Å². The molecule has 1 aliphatic heterocycles. The number of nitrogens with zero attached hydrogens (tertiary/aromatic N) is 2. The van der Waals surface area contributed by atoms with Crippen molar-refractivity contribution < 1.29 is 4.79 Å². The minimum atomic E-state index is 0.0197. The van der Waals surface area contributed by atoms with Crippen LogP contribution in [0.25, 0.3) is 10.9 Å². The lowest BCUT2D eigenvalue weighted by Crippen LogP contribution is -2.36. The second-order valence-electron chi connectivity index (χ2n) is 9.54. The third kappa shape index (κ3) is 7.07. The number of nitrogens with one attached hydrogen (secondary N) is 3. The average Bonchev–Trinajstić information content (AvgIpc) is 2.90. The summed E-state index contributed by atoms with van der Waals surface area (Å²) in [5.41, 5.74) is 5.75. The zero-order valence-electron chi connectivity index (χ0n) is 20.8. The van der Waals surface area contributed by atoms with Crippen molar-refractivity contribution in [2.24, 2.45) is 0 Å². The first-order chi connectivity index (χ1) is 18.1. The summed E-state index contributed by atoms with van der Waals surface area (Å²) in [5.74, 6) is 0.0197. The maximum absolute atomic E-state index is 12.9. The summed E-state index contributed by atoms with van der Waals surface area (Å²) in [4.78, 5) is 19.5. The van der Waals surface area contributed by atoms with Crippen molar-refractivity contribution in [3.8, 4) is 0 Å². The second kappa shape index (κ2) is 12.2. The fourth-order valence-corrected chi connectivity index (χ4v) is 4.96. The number of benzene rings is 3. The van der Waals surface area contributed by atoms with Gasteiger partial charge in [-0.15, -0.1) is 0 Å². The maximum atomic E-state index is 12.9. The Morgan fingerprint density at radius 2 is 1.65 bits per heavy atom. The molecular weight excluding hydrogens is 482 g/mol. The normalized spacial score (nSPS) is 14.0. The van der Waals surface area contributed by atoms with Gasteiger partial charge in [-0.3, -0.25) is 14.7 Å². The molecule has 3 aromatic carbocycles. The molecule has 1 saturated heterocycles. The molecule has 0 spiro atoms. The van der Waals surface area contributed by atoms with Gasteiger partial charge in [0.1, 0.15) is 0 Å². The van der Waals surface area contributed by atoms with Gasteiger partial charge in [-0.25, -0.2) is 0 Å². The lowest BCUT2D eigenvalue weighted by atomic mass is 10.1. The van der Waals surface area contributed by atoms with E-state index in [0.29, 0.717) is 18.1 Å². The first-order valence-electron chi connectivity index (χ1n) is 12.8. The van der Waals surface area contributed by atoms with Gasteiger partial charge in [-0.05, 0) is 79.5 Å². The zero-order valence-corrected chi connectivity index (χ0v) is 21.6. The van der Waals surface area contributed by atoms with Crippen LogP contribution in [0.2, 0.25) is 5.02 Å². The van der Waals surface area contributed by atoms with Gasteiger partial charge in [-0.2, -0.15) is 0 Å². The molecule has 1 amide bonds. The molecule has 4 aromatic rings. The molecule has 37 heavy (non-hydrogen) atoms. The predicted octanol–water partition coefficient (Wildman–Crippen LogP) is 6.35. The van der Waals surface area contributed by atoms with Crippen LogP contribution in [0.4, 0.5) is 17.1 Å². The molecule has 0 saturated carbocycles. The largest absolute Gasteiger partial charge is 0.355 e. The van der Waals surface area contributed by atoms with E-state index in [4.69, 9.17) is 11.6 Å². The number of hydrogen-bond acceptors (Lipinski definition) is 5. The van der Waals surface area contributed by atoms with Crippen molar-refractivity contribution in [1.29, 1.82) is 0 Å². The Morgan fingerprint density at radius 3 is 2.49 bits per heavy atom. The number of pyridine rings is 1. The number of fused-ring (bicyclic) bond motifs is 1. The van der Waals surface area contributed by atoms with E-state index in [-0.39, 0.29) is 5.91 Å². The Bertz CT molecular complexity index is 1350. The summed E-state index contributed by atoms with van der Waals surface area (Å²) in [5, 5.41) is 11.8. The highest BCUT2D eigenvalue weighted by Gasteiger charge is 2.15. The number of halogens is 1. The molecule has 0 aliphatic carbocycles. The number of hydrogen-bond donors (Lipinski definition) is 3. The fourth-order valence-electron chi connectivity index (χ4n) is 4.79. The molecule has 0 atom stereocenters. The molecule has 1 aromatic heterocycles. The average molecular weight is 514 g/mol. The number of carbonyl (C=O) groups excluding carboxylic acids is 1. The Labute approximate surface area is 223 Å². The van der Waals surface area contributed by atoms with Crippen LogP contribution in [0.5, 0.6) is 0 Å². The summed E-state index contributed by atoms with van der Waals surface area (Å²) in [6, 6.07) is 24.1. The third-order valence-electron chi connectivity index (χ3n) is 6.58. The topological polar surface area (TPSA) is 69.3 Å². The summed E-state index contributed by atoms with van der Waals surface area (Å²) < 4.78 is 0. The molecule has 0 bridgehead atoms. The highest BCUT2D eigenvalue weighted by molar-refractivity contribution is 6.31. The number of amides is 1. The molecule has 1 fully saturated rings. The van der Waals surface area contributed by atoms with Crippen molar-refractivity contribution in [3.63, 3.8) is 0 Å². The summed E-state index contributed by atoms with van der Waals surface area (Å²) in [6.45, 7) is 3.84. The van der Waals surface area contributed by atoms with Crippen LogP contribution < -0.4 is 16.0 Å². The molecule has 5 rings (SSSR count). The van der Waals surface area contributed by atoms with Crippen LogP contribution in [0.15, 0.2) is 79.0 Å². The Hall–Kier alpha value is -3.45. The fraction of sp³-hybridized carbons (Fsp3) is 0.267. The van der Waals surface area contributed by atoms with Crippen molar-refractivity contribution >= 4 is 45.5 Å². The quantitative estimate of drug-likeness (QED) is 0.243. The van der Waals surface area contributed by atoms with Gasteiger partial charge in [0, 0.05) is 46.8 Å². The van der Waals surface area contributed by atoms with Crippen molar-refractivity contribution in [3.05, 3.63) is 95.1 Å². The number of rotatable bonds is 9. The second-order valence-corrected chi connectivity index (χ2v) is 9.97. The minimum Gasteiger partial charge on any atom is -0.355 e. The van der Waals surface area contributed by atoms with Crippen LogP contribution in [0.3, 0.4) is 0 Å². The van der Waals surface area contributed by atoms with Crippen LogP contribution in [0.1, 0.15) is 30.4 Å². The smallest absolute Gasteiger partial charge is 0.238 e. The van der Waals surface area contributed by atoms with Gasteiger partial charge >= 0.3 is 0 Å². The zero-order chi connectivity index (χ0) is 25.5. The molecule has 7 heteroatoms. The maximum Gasteiger partial charge on any atom is 0.238 e. The standard InChI is InChI=1S/C30H32ClN5O/c31-24-9-10-27-28(11-12-33-29(27)17-24)34-25-15-23(20-32-19-22-7-3-1-4-8-22)16-26(18-25)35-30(37)21-36-13-5-2-6-14-36/h1,3-4,7-12,15-18,32H,2,5-6,13-14,19-21H2,(H,33,34)(H,35,37). The van der Waals surface area contributed by atoms with Crippen LogP contribution in [0, 0.1) is 0 Å². The van der Waals surface area contributed by atoms with E-state index in [2.05, 4.69) is 44.0 Å². The molecule has 2 heterocycles. The highest BCUT2D eigenvalue weighted by atomic mass is 35.5. The van der Waals surface area contributed by atoms with Gasteiger partial charge in [-0.1, -0.05) is 48.4 Å². The van der Waals surface area contributed by atoms with Gasteiger partial charge in [0.15, 0.2) is 0 Å². The first-order valence-corrected chi connectivity index (χ1v) is 13.2. The molecule has 0 unspecified atom stereocenters. The highest BCUT2D eigenvalue weighted by Crippen LogP contribution is 2.29. The number of anilines is 3. The number of carbonyl (C=O) groups is 1. The SMILES string of the molecule is O=C(CN1CCCCC1)Nc1cc(CNCc2ccccc2)cc(Nc2ccnc3cc(Cl)ccc23)c1. The van der Waals surface area contributed by atoms with E-state index in [9.17, 15) is 4.79 Å². The molecule has 190 valence electrons. The Kier molecular flexibility index (Phi) is 8.31. The molecule has 1 aliphatic rings. The predicted molar refractivity (Wildman–Crippen MR) is 152 cm³/mol. The van der Waals surface area contributed by atoms with Gasteiger partial charge in [0.25, 0.3) is 0 Å². The van der Waals surface area contributed by atoms with E-state index in [1.165, 1.54) is 12.0 Å². The van der Waals surface area contributed by atoms with E-state index in [0.717, 1.165) is 66.0 Å². The monoisotopic (exact) mass is 513 g/mol. The molecule has 0 radical (unpaired) electrons. The van der Waals surface area contributed by atoms with Gasteiger partial charge < -0.3 is 16.0 Å². The lowest BCUT2D eigenvalue weighted by Gasteiger charge is -2.25. The van der Waals surface area contributed by atoms with Gasteiger partial charge in [0.2, 0.25) is 5.91 Å². The molecule has 6 nitrogen and oxygen atoms in total. The molecular formula is C30H32ClN5O. The van der Waals surface area contributed by atoms with E-state index in [1.807, 2.05) is 54.6 Å². The lowest BCUT2D eigenvalue weighted by molar-refractivity contribution is -0.117. The van der Waals surface area contributed by atoms with Crippen molar-refractivity contribution in [2.75, 3.05) is 30.3 Å². The van der Waals surface area contributed by atoms with Crippen LogP contribution >= 0.6 is 11.6 Å². The van der Waals surface area contributed by atoms with Crippen molar-refractivity contribution in [2.45, 2.75) is 32.4 Å². The van der Waals surface area contributed by atoms with E-state index in [1.54, 1.807) is 6.20 Å². The third-order valence-corrected chi connectivity index (χ3v) is 6.81. The molecule has 3 N–H and O–H groups in total. The van der Waals surface area contributed by atoms with E-state index >= 15 is 0 Å². The first kappa shape index (κ1) is 25.2. The van der Waals surface area contributed by atoms with Crippen molar-refractivity contribution in [1.82, 2.24) is 15.2 Å². The minimum absolute atomic E-state index is 0.0197. The number of piperidine rings is 1. The summed E-state index contributed by atoms with van der Waals surface area (Å²) >= 11 is 6.17. The van der Waals surface area contributed by atoms with Gasteiger partial charge in [0.05, 0.1) is 12.1 Å².